The van der Waals surface area contributed by atoms with E-state index >= 15 is 0 Å². The van der Waals surface area contributed by atoms with E-state index in [0.717, 1.165) is 56.7 Å². The highest BCUT2D eigenvalue weighted by molar-refractivity contribution is 7.89. The van der Waals surface area contributed by atoms with Gasteiger partial charge in [0.25, 0.3) is 0 Å². The zero-order chi connectivity index (χ0) is 32.3. The van der Waals surface area contributed by atoms with Crippen molar-refractivity contribution in [1.82, 2.24) is 19.4 Å². The zero-order valence-corrected chi connectivity index (χ0v) is 28.0. The molecule has 46 heavy (non-hydrogen) atoms. The van der Waals surface area contributed by atoms with Crippen LogP contribution >= 0.6 is 0 Å². The maximum Gasteiger partial charge on any atom is 0.317 e. The molecular weight excluding hydrogens is 593 g/mol. The SMILES string of the molecule is C[C@H](NC(=O)N1CC2CN(CC[C@](C)(CN(C)S(=O)(=O)c3ccccc3)c3ccccc3)CC[C@H]2C1)c1cccc2ccccc12. The number of benzene rings is 4. The maximum atomic E-state index is 13.4. The van der Waals surface area contributed by atoms with Crippen LogP contribution in [0.3, 0.4) is 0 Å². The van der Waals surface area contributed by atoms with Crippen LogP contribution in [0, 0.1) is 11.8 Å². The van der Waals surface area contributed by atoms with Gasteiger partial charge in [-0.1, -0.05) is 97.9 Å². The van der Waals surface area contributed by atoms with Gasteiger partial charge in [-0.15, -0.1) is 0 Å². The average molecular weight is 639 g/mol. The van der Waals surface area contributed by atoms with E-state index in [1.165, 1.54) is 15.1 Å². The first-order valence-electron chi connectivity index (χ1n) is 16.5. The topological polar surface area (TPSA) is 73.0 Å². The van der Waals surface area contributed by atoms with Gasteiger partial charge in [0.05, 0.1) is 10.9 Å². The largest absolute Gasteiger partial charge is 0.331 e. The van der Waals surface area contributed by atoms with Gasteiger partial charge in [-0.2, -0.15) is 0 Å². The second-order valence-corrected chi connectivity index (χ2v) is 15.5. The lowest BCUT2D eigenvalue weighted by molar-refractivity contribution is 0.135. The summed E-state index contributed by atoms with van der Waals surface area (Å²) in [5.41, 5.74) is 1.91. The molecule has 0 bridgehead atoms. The quantitative estimate of drug-likeness (QED) is 0.214. The van der Waals surface area contributed by atoms with Crippen molar-refractivity contribution in [2.45, 2.75) is 43.0 Å². The average Bonchev–Trinajstić information content (AvgIpc) is 3.52. The third-order valence-electron chi connectivity index (χ3n) is 10.3. The predicted octanol–water partition coefficient (Wildman–Crippen LogP) is 6.53. The standard InChI is InChI=1S/C38H46N4O3S/c1-29(35-20-12-14-30-13-10-11-19-36(30)35)39-37(43)42-26-31-21-23-41(25-32(31)27-42)24-22-38(2,33-15-6-4-7-16-33)28-40(3)46(44,45)34-17-8-5-9-18-34/h4-20,29,31-32H,21-28H2,1-3H3,(H,39,43)/t29-,31-,32?,38+/m0/s1. The molecule has 242 valence electrons. The van der Waals surface area contributed by atoms with E-state index in [-0.39, 0.29) is 17.5 Å². The van der Waals surface area contributed by atoms with E-state index in [2.05, 4.69) is 66.5 Å². The fourth-order valence-corrected chi connectivity index (χ4v) is 8.82. The first-order chi connectivity index (χ1) is 22.1. The van der Waals surface area contributed by atoms with E-state index in [4.69, 9.17) is 0 Å². The van der Waals surface area contributed by atoms with Gasteiger partial charge in [0.15, 0.2) is 0 Å². The van der Waals surface area contributed by atoms with Gasteiger partial charge < -0.3 is 15.1 Å². The minimum absolute atomic E-state index is 0.0145. The van der Waals surface area contributed by atoms with Gasteiger partial charge in [0.1, 0.15) is 0 Å². The molecule has 0 radical (unpaired) electrons. The molecule has 2 heterocycles. The molecule has 1 unspecified atom stereocenters. The molecule has 1 N–H and O–H groups in total. The molecular formula is C38H46N4O3S. The Balaban J connectivity index is 1.08. The lowest BCUT2D eigenvalue weighted by Gasteiger charge is -2.39. The van der Waals surface area contributed by atoms with Crippen LogP contribution in [0.25, 0.3) is 10.8 Å². The Bertz CT molecular complexity index is 1740. The number of carbonyl (C=O) groups is 1. The highest BCUT2D eigenvalue weighted by Crippen LogP contribution is 2.35. The number of hydrogen-bond donors (Lipinski definition) is 1. The smallest absolute Gasteiger partial charge is 0.317 e. The molecule has 0 aliphatic carbocycles. The predicted molar refractivity (Wildman–Crippen MR) is 185 cm³/mol. The number of likely N-dealkylation sites (N-methyl/N-ethyl adjacent to an activating group) is 1. The maximum absolute atomic E-state index is 13.4. The Morgan fingerprint density at radius 1 is 0.891 bits per heavy atom. The molecule has 8 heteroatoms. The fourth-order valence-electron chi connectivity index (χ4n) is 7.50. The summed E-state index contributed by atoms with van der Waals surface area (Å²) in [4.78, 5) is 18.3. The molecule has 2 aliphatic rings. The van der Waals surface area contributed by atoms with E-state index in [0.29, 0.717) is 23.3 Å². The number of carbonyl (C=O) groups excluding carboxylic acids is 1. The van der Waals surface area contributed by atoms with E-state index in [1.807, 2.05) is 41.3 Å². The van der Waals surface area contributed by atoms with Crippen molar-refractivity contribution in [1.29, 1.82) is 0 Å². The first-order valence-corrected chi connectivity index (χ1v) is 17.9. The van der Waals surface area contributed by atoms with Crippen LogP contribution in [0.15, 0.2) is 108 Å². The molecule has 0 spiro atoms. The number of sulfonamides is 1. The number of urea groups is 1. The number of nitrogens with one attached hydrogen (secondary N) is 1. The fraction of sp³-hybridized carbons (Fsp3) is 0.395. The molecule has 4 atom stereocenters. The van der Waals surface area contributed by atoms with Crippen molar-refractivity contribution >= 4 is 26.8 Å². The van der Waals surface area contributed by atoms with Crippen LogP contribution in [-0.2, 0) is 15.4 Å². The highest BCUT2D eigenvalue weighted by Gasteiger charge is 2.40. The second-order valence-electron chi connectivity index (χ2n) is 13.5. The summed E-state index contributed by atoms with van der Waals surface area (Å²) in [7, 11) is -1.92. The van der Waals surface area contributed by atoms with Gasteiger partial charge in [-0.3, -0.25) is 0 Å². The normalized spacial score (nSPS) is 20.7. The van der Waals surface area contributed by atoms with E-state index in [9.17, 15) is 13.2 Å². The lowest BCUT2D eigenvalue weighted by Crippen LogP contribution is -2.45. The molecule has 7 nitrogen and oxygen atoms in total. The van der Waals surface area contributed by atoms with Crippen LogP contribution in [0.1, 0.15) is 43.9 Å². The minimum atomic E-state index is -3.61. The number of amides is 2. The van der Waals surface area contributed by atoms with Crippen LogP contribution in [0.5, 0.6) is 0 Å². The van der Waals surface area contributed by atoms with Crippen LogP contribution < -0.4 is 5.32 Å². The Kier molecular flexibility index (Phi) is 9.50. The molecule has 6 rings (SSSR count). The summed E-state index contributed by atoms with van der Waals surface area (Å²) in [6.07, 6.45) is 1.90. The van der Waals surface area contributed by atoms with E-state index < -0.39 is 10.0 Å². The van der Waals surface area contributed by atoms with Crippen LogP contribution in [0.4, 0.5) is 4.79 Å². The number of nitrogens with zero attached hydrogens (tertiary/aromatic N) is 3. The molecule has 2 aliphatic heterocycles. The van der Waals surface area contributed by atoms with Crippen molar-refractivity contribution in [2.24, 2.45) is 11.8 Å². The summed E-state index contributed by atoms with van der Waals surface area (Å²) >= 11 is 0. The summed E-state index contributed by atoms with van der Waals surface area (Å²) in [5, 5.41) is 5.63. The molecule has 4 aromatic rings. The number of likely N-dealkylation sites (tertiary alicyclic amines) is 2. The summed E-state index contributed by atoms with van der Waals surface area (Å²) in [6, 6.07) is 33.5. The third-order valence-corrected chi connectivity index (χ3v) is 12.1. The lowest BCUT2D eigenvalue weighted by atomic mass is 9.78. The molecule has 4 aromatic carbocycles. The van der Waals surface area contributed by atoms with Gasteiger partial charge in [0.2, 0.25) is 10.0 Å². The number of hydrogen-bond acceptors (Lipinski definition) is 4. The Morgan fingerprint density at radius 3 is 2.30 bits per heavy atom. The van der Waals surface area contributed by atoms with E-state index in [1.54, 1.807) is 31.3 Å². The summed E-state index contributed by atoms with van der Waals surface area (Å²) < 4.78 is 28.4. The van der Waals surface area contributed by atoms with Gasteiger partial charge >= 0.3 is 6.03 Å². The van der Waals surface area contributed by atoms with Crippen molar-refractivity contribution < 1.29 is 13.2 Å². The number of fused-ring (bicyclic) bond motifs is 2. The summed E-state index contributed by atoms with van der Waals surface area (Å²) in [6.45, 7) is 9.03. The highest BCUT2D eigenvalue weighted by atomic mass is 32.2. The van der Waals surface area contributed by atoms with Crippen LogP contribution in [0.2, 0.25) is 0 Å². The van der Waals surface area contributed by atoms with Gasteiger partial charge in [-0.25, -0.2) is 17.5 Å². The Hall–Kier alpha value is -3.72. The monoisotopic (exact) mass is 638 g/mol. The van der Waals surface area contributed by atoms with Crippen molar-refractivity contribution in [3.05, 3.63) is 114 Å². The molecule has 2 saturated heterocycles. The van der Waals surface area contributed by atoms with Crippen LogP contribution in [-0.4, -0.2) is 74.9 Å². The van der Waals surface area contributed by atoms with Crippen molar-refractivity contribution in [2.75, 3.05) is 46.3 Å². The summed E-state index contributed by atoms with van der Waals surface area (Å²) in [5.74, 6) is 0.953. The minimum Gasteiger partial charge on any atom is -0.331 e. The molecule has 2 fully saturated rings. The number of piperidine rings is 1. The van der Waals surface area contributed by atoms with Crippen molar-refractivity contribution in [3.63, 3.8) is 0 Å². The second kappa shape index (κ2) is 13.6. The Morgan fingerprint density at radius 2 is 1.54 bits per heavy atom. The van der Waals surface area contributed by atoms with Gasteiger partial charge in [-0.05, 0) is 78.7 Å². The molecule has 0 saturated carbocycles. The number of rotatable bonds is 10. The molecule has 0 aromatic heterocycles. The third kappa shape index (κ3) is 6.85. The van der Waals surface area contributed by atoms with Gasteiger partial charge in [0, 0.05) is 38.6 Å². The van der Waals surface area contributed by atoms with Crippen molar-refractivity contribution in [3.8, 4) is 0 Å². The Labute approximate surface area is 274 Å². The zero-order valence-electron chi connectivity index (χ0n) is 27.2. The molecule has 2 amide bonds. The first kappa shape index (κ1) is 32.2.